The van der Waals surface area contributed by atoms with Gasteiger partial charge in [0.05, 0.1) is 41.2 Å². The first kappa shape index (κ1) is 24.9. The van der Waals surface area contributed by atoms with Crippen LogP contribution in [-0.4, -0.2) is 49.4 Å². The Hall–Kier alpha value is -1.78. The van der Waals surface area contributed by atoms with Crippen LogP contribution in [0.25, 0.3) is 0 Å². The van der Waals surface area contributed by atoms with Crippen LogP contribution < -0.4 is 19.5 Å². The van der Waals surface area contributed by atoms with E-state index in [0.29, 0.717) is 38.9 Å². The lowest BCUT2D eigenvalue weighted by Crippen LogP contribution is -2.31. The van der Waals surface area contributed by atoms with Crippen LogP contribution in [0.5, 0.6) is 17.2 Å². The Balaban J connectivity index is 2.12. The monoisotopic (exact) mass is 586 g/mol. The highest BCUT2D eigenvalue weighted by molar-refractivity contribution is 9.10. The van der Waals surface area contributed by atoms with Crippen molar-refractivity contribution < 1.29 is 23.8 Å². The molecular weight excluding hydrogens is 564 g/mol. The zero-order valence-corrected chi connectivity index (χ0v) is 22.4. The fraction of sp³-hybridized carbons (Fsp3) is 0.409. The van der Waals surface area contributed by atoms with Crippen molar-refractivity contribution >= 4 is 61.1 Å². The van der Waals surface area contributed by atoms with E-state index in [1.54, 1.807) is 6.07 Å². The number of allylic oxidation sites excluding steroid dienone is 3. The summed E-state index contributed by atoms with van der Waals surface area (Å²) in [6.45, 7) is 3.47. The van der Waals surface area contributed by atoms with Crippen LogP contribution in [-0.2, 0) is 9.59 Å². The van der Waals surface area contributed by atoms with Crippen LogP contribution >= 0.6 is 43.6 Å². The maximum absolute atomic E-state index is 12.6. The number of ketones is 1. The van der Waals surface area contributed by atoms with Crippen molar-refractivity contribution in [2.75, 3.05) is 27.1 Å². The molecule has 0 bridgehead atoms. The summed E-state index contributed by atoms with van der Waals surface area (Å²) in [5.41, 5.74) is 2.32. The van der Waals surface area contributed by atoms with Gasteiger partial charge in [0, 0.05) is 18.2 Å². The van der Waals surface area contributed by atoms with Crippen molar-refractivity contribution in [2.45, 2.75) is 25.1 Å². The van der Waals surface area contributed by atoms with E-state index in [9.17, 15) is 9.59 Å². The molecular formula is C22H24Br2N2O5S. The Morgan fingerprint density at radius 2 is 1.91 bits per heavy atom. The van der Waals surface area contributed by atoms with E-state index in [1.807, 2.05) is 13.0 Å². The number of carbonyl (C=O) groups is 2. The lowest BCUT2D eigenvalue weighted by atomic mass is 9.88. The van der Waals surface area contributed by atoms with E-state index in [4.69, 9.17) is 19.2 Å². The van der Waals surface area contributed by atoms with Crippen LogP contribution in [0.1, 0.15) is 25.8 Å². The van der Waals surface area contributed by atoms with Crippen LogP contribution in [0.3, 0.4) is 0 Å². The first-order chi connectivity index (χ1) is 15.2. The summed E-state index contributed by atoms with van der Waals surface area (Å²) in [6.07, 6.45) is 2.74. The molecule has 2 atom stereocenters. The summed E-state index contributed by atoms with van der Waals surface area (Å²) >= 11 is 8.54. The van der Waals surface area contributed by atoms with Gasteiger partial charge in [-0.05, 0) is 46.0 Å². The highest BCUT2D eigenvalue weighted by Crippen LogP contribution is 2.45. The molecule has 32 heavy (non-hydrogen) atoms. The van der Waals surface area contributed by atoms with Crippen LogP contribution in [0.15, 0.2) is 37.8 Å². The SMILES string of the molecule is COc1cc(C(=NC2=CC3=C(SC2)C(=O)C(Br)C(C)C3)NC(C)=O)c(Br)c(OC)c1OC. The quantitative estimate of drug-likeness (QED) is 0.307. The second-order valence-electron chi connectivity index (χ2n) is 7.37. The Labute approximate surface area is 208 Å². The predicted octanol–water partition coefficient (Wildman–Crippen LogP) is 4.61. The zero-order chi connectivity index (χ0) is 23.6. The van der Waals surface area contributed by atoms with Gasteiger partial charge >= 0.3 is 0 Å². The van der Waals surface area contributed by atoms with Gasteiger partial charge in [0.15, 0.2) is 17.3 Å². The third kappa shape index (κ3) is 4.92. The number of benzene rings is 1. The molecule has 1 N–H and O–H groups in total. The average molecular weight is 588 g/mol. The molecule has 7 nitrogen and oxygen atoms in total. The van der Waals surface area contributed by atoms with Gasteiger partial charge in [0.25, 0.3) is 0 Å². The summed E-state index contributed by atoms with van der Waals surface area (Å²) in [7, 11) is 4.57. The number of methoxy groups -OCH3 is 3. The second-order valence-corrected chi connectivity index (χ2v) is 10.1. The minimum absolute atomic E-state index is 0.123. The number of hydrogen-bond donors (Lipinski definition) is 1. The van der Waals surface area contributed by atoms with E-state index in [2.05, 4.69) is 37.2 Å². The molecule has 3 rings (SSSR count). The molecule has 0 aromatic heterocycles. The van der Waals surface area contributed by atoms with Gasteiger partial charge in [-0.2, -0.15) is 0 Å². The van der Waals surface area contributed by atoms with E-state index in [1.165, 1.54) is 40.0 Å². The van der Waals surface area contributed by atoms with E-state index in [0.717, 1.165) is 22.6 Å². The number of aliphatic imine (C=N–C) groups is 1. The molecule has 1 aliphatic carbocycles. The summed E-state index contributed by atoms with van der Waals surface area (Å²) in [5.74, 6) is 2.20. The Morgan fingerprint density at radius 1 is 1.22 bits per heavy atom. The molecule has 1 aliphatic heterocycles. The highest BCUT2D eigenvalue weighted by atomic mass is 79.9. The largest absolute Gasteiger partial charge is 0.493 e. The maximum Gasteiger partial charge on any atom is 0.222 e. The number of carbonyl (C=O) groups excluding carboxylic acids is 2. The number of hydrogen-bond acceptors (Lipinski definition) is 7. The molecule has 0 spiro atoms. The Bertz CT molecular complexity index is 1050. The number of nitrogens with zero attached hydrogens (tertiary/aromatic N) is 1. The normalized spacial score (nSPS) is 21.0. The van der Waals surface area contributed by atoms with E-state index >= 15 is 0 Å². The molecule has 0 fully saturated rings. The second kappa shape index (κ2) is 10.4. The van der Waals surface area contributed by atoms with Gasteiger partial charge in [0.2, 0.25) is 11.7 Å². The maximum atomic E-state index is 12.6. The van der Waals surface area contributed by atoms with Crippen molar-refractivity contribution in [2.24, 2.45) is 10.9 Å². The number of halogens is 2. The van der Waals surface area contributed by atoms with Crippen molar-refractivity contribution in [1.29, 1.82) is 0 Å². The molecule has 172 valence electrons. The number of thioether (sulfide) groups is 1. The first-order valence-corrected chi connectivity index (χ1v) is 12.5. The third-order valence-electron chi connectivity index (χ3n) is 5.09. The lowest BCUT2D eigenvalue weighted by molar-refractivity contribution is -0.117. The van der Waals surface area contributed by atoms with Gasteiger partial charge in [-0.15, -0.1) is 11.8 Å². The molecule has 1 aromatic carbocycles. The van der Waals surface area contributed by atoms with Gasteiger partial charge in [0.1, 0.15) is 5.84 Å². The summed E-state index contributed by atoms with van der Waals surface area (Å²) in [5, 5.41) is 2.81. The van der Waals surface area contributed by atoms with Crippen molar-refractivity contribution in [3.8, 4) is 17.2 Å². The summed E-state index contributed by atoms with van der Waals surface area (Å²) in [6, 6.07) is 1.73. The number of Topliss-reactive ketones (excluding diaryl/α,β-unsaturated/α-hetero) is 1. The average Bonchev–Trinajstić information content (AvgIpc) is 2.76. The molecule has 1 amide bonds. The van der Waals surface area contributed by atoms with E-state index < -0.39 is 0 Å². The zero-order valence-electron chi connectivity index (χ0n) is 18.4. The van der Waals surface area contributed by atoms with Crippen molar-refractivity contribution in [3.63, 3.8) is 0 Å². The molecule has 0 saturated heterocycles. The number of amidine groups is 1. The number of nitrogens with one attached hydrogen (secondary N) is 1. The Morgan fingerprint density at radius 3 is 2.50 bits per heavy atom. The fourth-order valence-corrected chi connectivity index (χ4v) is 5.83. The van der Waals surface area contributed by atoms with Gasteiger partial charge < -0.3 is 19.5 Å². The standard InChI is InChI=1S/C22H24Br2N2O5S/c1-10-6-12-7-13(9-32-21(12)18(28)16(10)23)26-22(25-11(2)27)14-8-15(29-3)19(30-4)20(31-5)17(14)24/h7-8,10,16H,6,9H2,1-5H3,(H,25,26,27). The van der Waals surface area contributed by atoms with Crippen LogP contribution in [0, 0.1) is 5.92 Å². The van der Waals surface area contributed by atoms with E-state index in [-0.39, 0.29) is 22.4 Å². The van der Waals surface area contributed by atoms with Crippen molar-refractivity contribution in [3.05, 3.63) is 38.4 Å². The lowest BCUT2D eigenvalue weighted by Gasteiger charge is -2.29. The van der Waals surface area contributed by atoms with Gasteiger partial charge in [-0.25, -0.2) is 4.99 Å². The molecule has 1 aromatic rings. The Kier molecular flexibility index (Phi) is 8.11. The molecule has 2 unspecified atom stereocenters. The minimum Gasteiger partial charge on any atom is -0.493 e. The molecule has 0 saturated carbocycles. The molecule has 0 radical (unpaired) electrons. The first-order valence-electron chi connectivity index (χ1n) is 9.81. The van der Waals surface area contributed by atoms with Crippen LogP contribution in [0.2, 0.25) is 0 Å². The topological polar surface area (TPSA) is 86.2 Å². The number of ether oxygens (including phenoxy) is 3. The molecule has 1 heterocycles. The predicted molar refractivity (Wildman–Crippen MR) is 133 cm³/mol. The summed E-state index contributed by atoms with van der Waals surface area (Å²) in [4.78, 5) is 30.0. The smallest absolute Gasteiger partial charge is 0.222 e. The fourth-order valence-electron chi connectivity index (χ4n) is 3.59. The number of amides is 1. The number of alkyl halides is 1. The number of rotatable bonds is 5. The van der Waals surface area contributed by atoms with Gasteiger partial charge in [-0.1, -0.05) is 22.9 Å². The summed E-state index contributed by atoms with van der Waals surface area (Å²) < 4.78 is 17.0. The third-order valence-corrected chi connectivity index (χ3v) is 8.38. The minimum atomic E-state index is -0.267. The molecule has 2 aliphatic rings. The van der Waals surface area contributed by atoms with Gasteiger partial charge in [-0.3, -0.25) is 9.59 Å². The van der Waals surface area contributed by atoms with Crippen LogP contribution in [0.4, 0.5) is 0 Å². The van der Waals surface area contributed by atoms with Crippen molar-refractivity contribution in [1.82, 2.24) is 5.32 Å². The molecule has 10 heteroatoms. The highest BCUT2D eigenvalue weighted by Gasteiger charge is 2.34.